The average Bonchev–Trinajstić information content (AvgIpc) is 2.85. The summed E-state index contributed by atoms with van der Waals surface area (Å²) in [6.07, 6.45) is 1.19. The summed E-state index contributed by atoms with van der Waals surface area (Å²) in [5, 5.41) is 0. The van der Waals surface area contributed by atoms with Crippen molar-refractivity contribution in [1.82, 2.24) is 13.4 Å². The molecule has 1 fully saturated rings. The van der Waals surface area contributed by atoms with E-state index in [1.165, 1.54) is 14.1 Å². The van der Waals surface area contributed by atoms with Gasteiger partial charge < -0.3 is 4.57 Å². The molecule has 1 aliphatic heterocycles. The third kappa shape index (κ3) is 3.87. The Labute approximate surface area is 146 Å². The average molecular weight is 393 g/mol. The molecule has 0 aromatic carbocycles. The van der Waals surface area contributed by atoms with Gasteiger partial charge in [-0.15, -0.1) is 0 Å². The predicted molar refractivity (Wildman–Crippen MR) is 92.7 cm³/mol. The first kappa shape index (κ1) is 19.9. The number of nitrogens with zero attached hydrogens (tertiary/aromatic N) is 3. The molecule has 0 saturated carbocycles. The zero-order chi connectivity index (χ0) is 19.2. The second-order valence-corrected chi connectivity index (χ2v) is 10.9. The van der Waals surface area contributed by atoms with Gasteiger partial charge in [-0.1, -0.05) is 13.8 Å². The maximum absolute atomic E-state index is 13.1. The highest BCUT2D eigenvalue weighted by atomic mass is 32.2. The van der Waals surface area contributed by atoms with Crippen LogP contribution in [0.25, 0.3) is 0 Å². The lowest BCUT2D eigenvalue weighted by Gasteiger charge is -2.28. The molecule has 25 heavy (non-hydrogen) atoms. The van der Waals surface area contributed by atoms with Crippen LogP contribution < -0.4 is 11.2 Å². The largest absolute Gasteiger partial charge is 0.330 e. The second kappa shape index (κ2) is 6.69. The summed E-state index contributed by atoms with van der Waals surface area (Å²) in [5.74, 6) is -0.396. The summed E-state index contributed by atoms with van der Waals surface area (Å²) in [7, 11) is -4.98. The molecule has 0 aliphatic carbocycles. The fourth-order valence-electron chi connectivity index (χ4n) is 2.88. The van der Waals surface area contributed by atoms with Gasteiger partial charge >= 0.3 is 5.69 Å². The van der Waals surface area contributed by atoms with Crippen LogP contribution in [0.15, 0.2) is 20.7 Å². The maximum atomic E-state index is 13.1. The molecule has 0 spiro atoms. The van der Waals surface area contributed by atoms with Gasteiger partial charge in [0.2, 0.25) is 10.0 Å². The van der Waals surface area contributed by atoms with Crippen LogP contribution >= 0.6 is 0 Å². The zero-order valence-corrected chi connectivity index (χ0v) is 16.3. The molecule has 0 amide bonds. The van der Waals surface area contributed by atoms with Gasteiger partial charge in [0, 0.05) is 32.9 Å². The Morgan fingerprint density at radius 2 is 1.88 bits per heavy atom. The van der Waals surface area contributed by atoms with Crippen molar-refractivity contribution in [3.05, 3.63) is 27.0 Å². The Hall–Kier alpha value is -1.46. The summed E-state index contributed by atoms with van der Waals surface area (Å²) in [5.41, 5.74) is -1.56. The first-order valence-electron chi connectivity index (χ1n) is 7.85. The van der Waals surface area contributed by atoms with Gasteiger partial charge in [-0.3, -0.25) is 9.36 Å². The molecule has 1 aliphatic rings. The molecule has 9 nitrogen and oxygen atoms in total. The minimum absolute atomic E-state index is 0.0607. The van der Waals surface area contributed by atoms with Crippen LogP contribution in [-0.2, 0) is 34.0 Å². The smallest absolute Gasteiger partial charge is 0.302 e. The van der Waals surface area contributed by atoms with Crippen LogP contribution in [0.1, 0.15) is 20.3 Å². The number of aromatic nitrogens is 2. The number of hydrogen-bond donors (Lipinski definition) is 0. The van der Waals surface area contributed by atoms with Gasteiger partial charge in [0.05, 0.1) is 11.5 Å². The first-order valence-corrected chi connectivity index (χ1v) is 11.1. The topological polar surface area (TPSA) is 116 Å². The van der Waals surface area contributed by atoms with Gasteiger partial charge in [-0.25, -0.2) is 21.6 Å². The van der Waals surface area contributed by atoms with Crippen molar-refractivity contribution < 1.29 is 16.8 Å². The monoisotopic (exact) mass is 393 g/mol. The lowest BCUT2D eigenvalue weighted by Crippen LogP contribution is -2.47. The van der Waals surface area contributed by atoms with Crippen molar-refractivity contribution in [1.29, 1.82) is 0 Å². The number of sulfone groups is 1. The number of aryl methyl sites for hydroxylation is 1. The van der Waals surface area contributed by atoms with Crippen molar-refractivity contribution in [3.63, 3.8) is 0 Å². The molecule has 0 radical (unpaired) electrons. The minimum Gasteiger partial charge on any atom is -0.302 e. The maximum Gasteiger partial charge on any atom is 0.330 e. The first-order chi connectivity index (χ1) is 11.4. The molecule has 2 rings (SSSR count). The standard InChI is InChI=1S/C14H23N3O6S2/c1-10(2)7-17(11-5-6-24(20,21)9-11)25(22,23)12-8-15(3)14(19)16(4)13(12)18/h8,10-11H,5-7,9H2,1-4H3/t11-/m0/s1. The molecule has 1 aromatic heterocycles. The number of sulfonamides is 1. The van der Waals surface area contributed by atoms with Crippen LogP contribution in [0.2, 0.25) is 0 Å². The number of rotatable bonds is 5. The molecule has 11 heteroatoms. The Balaban J connectivity index is 2.61. The van der Waals surface area contributed by atoms with Gasteiger partial charge in [-0.2, -0.15) is 4.31 Å². The van der Waals surface area contributed by atoms with Gasteiger partial charge in [0.1, 0.15) is 0 Å². The fraction of sp³-hybridized carbons (Fsp3) is 0.714. The van der Waals surface area contributed by atoms with Gasteiger partial charge in [-0.05, 0) is 12.3 Å². The van der Waals surface area contributed by atoms with Crippen LogP contribution in [-0.4, -0.2) is 54.4 Å². The van der Waals surface area contributed by atoms with Crippen molar-refractivity contribution in [2.75, 3.05) is 18.1 Å². The second-order valence-electron chi connectivity index (χ2n) is 6.78. The van der Waals surface area contributed by atoms with Crippen LogP contribution in [0, 0.1) is 5.92 Å². The SMILES string of the molecule is CC(C)CN([C@H]1CCS(=O)(=O)C1)S(=O)(=O)c1cn(C)c(=O)n(C)c1=O. The quantitative estimate of drug-likeness (QED) is 0.628. The van der Waals surface area contributed by atoms with E-state index in [1.54, 1.807) is 0 Å². The summed E-state index contributed by atoms with van der Waals surface area (Å²) in [6, 6.07) is -0.709. The molecule has 1 atom stereocenters. The summed E-state index contributed by atoms with van der Waals surface area (Å²) >= 11 is 0. The number of hydrogen-bond acceptors (Lipinski definition) is 6. The van der Waals surface area contributed by atoms with Crippen LogP contribution in [0.4, 0.5) is 0 Å². The minimum atomic E-state index is -4.25. The summed E-state index contributed by atoms with van der Waals surface area (Å²) in [4.78, 5) is 23.6. The van der Waals surface area contributed by atoms with Crippen molar-refractivity contribution >= 4 is 19.9 Å². The lowest BCUT2D eigenvalue weighted by molar-refractivity contribution is 0.307. The zero-order valence-electron chi connectivity index (χ0n) is 14.7. The highest BCUT2D eigenvalue weighted by Crippen LogP contribution is 2.24. The highest BCUT2D eigenvalue weighted by molar-refractivity contribution is 7.92. The van der Waals surface area contributed by atoms with Crippen molar-refractivity contribution in [2.45, 2.75) is 31.2 Å². The van der Waals surface area contributed by atoms with E-state index in [-0.39, 0.29) is 30.4 Å². The van der Waals surface area contributed by atoms with E-state index < -0.39 is 42.0 Å². The van der Waals surface area contributed by atoms with Gasteiger partial charge in [0.15, 0.2) is 14.7 Å². The van der Waals surface area contributed by atoms with E-state index in [9.17, 15) is 26.4 Å². The molecular weight excluding hydrogens is 370 g/mol. The molecular formula is C14H23N3O6S2. The molecule has 1 saturated heterocycles. The van der Waals surface area contributed by atoms with Crippen LogP contribution in [0.3, 0.4) is 0 Å². The molecule has 0 N–H and O–H groups in total. The predicted octanol–water partition coefficient (Wildman–Crippen LogP) is -1.08. The normalized spacial score (nSPS) is 20.5. The van der Waals surface area contributed by atoms with E-state index in [2.05, 4.69) is 0 Å². The highest BCUT2D eigenvalue weighted by Gasteiger charge is 2.40. The van der Waals surface area contributed by atoms with Crippen molar-refractivity contribution in [3.8, 4) is 0 Å². The van der Waals surface area contributed by atoms with Crippen LogP contribution in [0.5, 0.6) is 0 Å². The Morgan fingerprint density at radius 3 is 2.36 bits per heavy atom. The van der Waals surface area contributed by atoms with E-state index in [0.29, 0.717) is 0 Å². The van der Waals surface area contributed by atoms with E-state index in [1.807, 2.05) is 13.8 Å². The molecule has 142 valence electrons. The Morgan fingerprint density at radius 1 is 1.28 bits per heavy atom. The van der Waals surface area contributed by atoms with E-state index in [0.717, 1.165) is 19.6 Å². The molecule has 2 heterocycles. The van der Waals surface area contributed by atoms with E-state index in [4.69, 9.17) is 0 Å². The fourth-order valence-corrected chi connectivity index (χ4v) is 6.68. The molecule has 1 aromatic rings. The Kier molecular flexibility index (Phi) is 5.31. The third-order valence-electron chi connectivity index (χ3n) is 4.16. The van der Waals surface area contributed by atoms with Gasteiger partial charge in [0.25, 0.3) is 5.56 Å². The Bertz CT molecular complexity index is 988. The molecule has 0 unspecified atom stereocenters. The lowest BCUT2D eigenvalue weighted by atomic mass is 10.2. The van der Waals surface area contributed by atoms with Crippen molar-refractivity contribution in [2.24, 2.45) is 20.0 Å². The summed E-state index contributed by atoms with van der Waals surface area (Å²) in [6.45, 7) is 3.71. The molecule has 0 bridgehead atoms. The van der Waals surface area contributed by atoms with E-state index >= 15 is 0 Å². The summed E-state index contributed by atoms with van der Waals surface area (Å²) < 4.78 is 52.6. The third-order valence-corrected chi connectivity index (χ3v) is 7.81.